The summed E-state index contributed by atoms with van der Waals surface area (Å²) in [6.07, 6.45) is 1.16. The molecule has 1 saturated heterocycles. The molecule has 2 aliphatic heterocycles. The molecule has 25 heavy (non-hydrogen) atoms. The standard InChI is InChI=1S/C16H24N6O3/c1-16(2,3)25-15(24)22-7-5-21(6-8-22)14-12-13(17-10-18-14)19-11(23)9-20(12)4/h10H,5-9H2,1-4H3,(H,17,18,19,23). The number of ether oxygens (including phenoxy) is 1. The summed E-state index contributed by atoms with van der Waals surface area (Å²) in [6.45, 7) is 8.25. The molecule has 0 aliphatic carbocycles. The first-order chi connectivity index (χ1) is 11.7. The zero-order chi connectivity index (χ0) is 18.2. The Labute approximate surface area is 147 Å². The average molecular weight is 348 g/mol. The van der Waals surface area contributed by atoms with Crippen LogP contribution in [0.4, 0.5) is 22.1 Å². The minimum absolute atomic E-state index is 0.0885. The van der Waals surface area contributed by atoms with E-state index in [1.54, 1.807) is 4.90 Å². The molecule has 3 rings (SSSR count). The van der Waals surface area contributed by atoms with Crippen molar-refractivity contribution in [3.05, 3.63) is 6.33 Å². The van der Waals surface area contributed by atoms with Crippen LogP contribution in [-0.4, -0.2) is 72.2 Å². The van der Waals surface area contributed by atoms with Crippen LogP contribution in [0.5, 0.6) is 0 Å². The number of nitrogens with one attached hydrogen (secondary N) is 1. The Morgan fingerprint density at radius 1 is 1.20 bits per heavy atom. The van der Waals surface area contributed by atoms with Crippen molar-refractivity contribution in [1.82, 2.24) is 14.9 Å². The van der Waals surface area contributed by atoms with Crippen LogP contribution in [0.1, 0.15) is 20.8 Å². The van der Waals surface area contributed by atoms with Crippen LogP contribution in [0.3, 0.4) is 0 Å². The lowest BCUT2D eigenvalue weighted by molar-refractivity contribution is -0.115. The van der Waals surface area contributed by atoms with Gasteiger partial charge in [-0.15, -0.1) is 0 Å². The van der Waals surface area contributed by atoms with E-state index in [-0.39, 0.29) is 18.5 Å². The highest BCUT2D eigenvalue weighted by molar-refractivity contribution is 6.02. The third-order valence-electron chi connectivity index (χ3n) is 4.05. The number of fused-ring (bicyclic) bond motifs is 1. The van der Waals surface area contributed by atoms with Gasteiger partial charge in [0.25, 0.3) is 0 Å². The van der Waals surface area contributed by atoms with Crippen molar-refractivity contribution in [2.45, 2.75) is 26.4 Å². The largest absolute Gasteiger partial charge is 0.444 e. The van der Waals surface area contributed by atoms with E-state index in [1.807, 2.05) is 32.7 Å². The normalized spacial score (nSPS) is 17.9. The maximum atomic E-state index is 12.2. The quantitative estimate of drug-likeness (QED) is 0.807. The Morgan fingerprint density at radius 3 is 2.52 bits per heavy atom. The number of amides is 2. The van der Waals surface area contributed by atoms with Gasteiger partial charge >= 0.3 is 6.09 Å². The van der Waals surface area contributed by atoms with Crippen LogP contribution < -0.4 is 15.1 Å². The van der Waals surface area contributed by atoms with E-state index < -0.39 is 5.60 Å². The summed E-state index contributed by atoms with van der Waals surface area (Å²) in [6, 6.07) is 0. The van der Waals surface area contributed by atoms with Gasteiger partial charge in [0, 0.05) is 33.2 Å². The SMILES string of the molecule is CN1CC(=O)Nc2ncnc(N3CCN(C(=O)OC(C)(C)C)CC3)c21. The molecule has 9 heteroatoms. The predicted molar refractivity (Wildman–Crippen MR) is 94.0 cm³/mol. The second-order valence-corrected chi connectivity index (χ2v) is 7.25. The van der Waals surface area contributed by atoms with Crippen LogP contribution in [0.15, 0.2) is 6.33 Å². The van der Waals surface area contributed by atoms with Gasteiger partial charge in [-0.25, -0.2) is 14.8 Å². The van der Waals surface area contributed by atoms with Crippen LogP contribution >= 0.6 is 0 Å². The summed E-state index contributed by atoms with van der Waals surface area (Å²) in [5.74, 6) is 1.21. The molecule has 1 aromatic heterocycles. The van der Waals surface area contributed by atoms with Gasteiger partial charge in [0.1, 0.15) is 17.6 Å². The first kappa shape index (κ1) is 17.2. The van der Waals surface area contributed by atoms with Crippen LogP contribution in [0.2, 0.25) is 0 Å². The van der Waals surface area contributed by atoms with Crippen molar-refractivity contribution < 1.29 is 14.3 Å². The number of likely N-dealkylation sites (N-methyl/N-ethyl adjacent to an activating group) is 1. The second-order valence-electron chi connectivity index (χ2n) is 7.25. The van der Waals surface area contributed by atoms with E-state index in [1.165, 1.54) is 6.33 Å². The number of anilines is 3. The average Bonchev–Trinajstić information content (AvgIpc) is 2.52. The molecule has 0 radical (unpaired) electrons. The van der Waals surface area contributed by atoms with Gasteiger partial charge in [-0.1, -0.05) is 0 Å². The molecule has 1 aromatic rings. The molecule has 136 valence electrons. The molecule has 0 aromatic carbocycles. The summed E-state index contributed by atoms with van der Waals surface area (Å²) in [5.41, 5.74) is 0.314. The molecule has 0 unspecified atom stereocenters. The van der Waals surface area contributed by atoms with E-state index in [9.17, 15) is 9.59 Å². The number of nitrogens with zero attached hydrogens (tertiary/aromatic N) is 5. The Bertz CT molecular complexity index is 679. The van der Waals surface area contributed by atoms with Crippen molar-refractivity contribution in [2.75, 3.05) is 54.9 Å². The van der Waals surface area contributed by atoms with E-state index >= 15 is 0 Å². The van der Waals surface area contributed by atoms with E-state index in [2.05, 4.69) is 20.2 Å². The summed E-state index contributed by atoms with van der Waals surface area (Å²) in [5, 5.41) is 2.78. The fourth-order valence-corrected chi connectivity index (χ4v) is 2.94. The monoisotopic (exact) mass is 348 g/mol. The summed E-state index contributed by atoms with van der Waals surface area (Å²) < 4.78 is 5.42. The van der Waals surface area contributed by atoms with Crippen LogP contribution in [0.25, 0.3) is 0 Å². The molecule has 2 aliphatic rings. The van der Waals surface area contributed by atoms with Gasteiger partial charge < -0.3 is 24.8 Å². The van der Waals surface area contributed by atoms with Crippen molar-refractivity contribution >= 4 is 29.3 Å². The van der Waals surface area contributed by atoms with Gasteiger partial charge in [0.2, 0.25) is 5.91 Å². The van der Waals surface area contributed by atoms with Crippen LogP contribution in [-0.2, 0) is 9.53 Å². The molecule has 0 spiro atoms. The zero-order valence-electron chi connectivity index (χ0n) is 15.1. The molecule has 0 saturated carbocycles. The lowest BCUT2D eigenvalue weighted by Gasteiger charge is -2.38. The Morgan fingerprint density at radius 2 is 1.88 bits per heavy atom. The lowest BCUT2D eigenvalue weighted by Crippen LogP contribution is -2.50. The van der Waals surface area contributed by atoms with E-state index in [0.717, 1.165) is 11.5 Å². The highest BCUT2D eigenvalue weighted by atomic mass is 16.6. The summed E-state index contributed by atoms with van der Waals surface area (Å²) in [4.78, 5) is 38.1. The minimum Gasteiger partial charge on any atom is -0.444 e. The molecule has 2 amide bonds. The molecular weight excluding hydrogens is 324 g/mol. The number of hydrogen-bond donors (Lipinski definition) is 1. The van der Waals surface area contributed by atoms with Crippen molar-refractivity contribution in [1.29, 1.82) is 0 Å². The number of carbonyl (C=O) groups is 2. The molecular formula is C16H24N6O3. The Hall–Kier alpha value is -2.58. The predicted octanol–water partition coefficient (Wildman–Crippen LogP) is 0.922. The molecule has 1 N–H and O–H groups in total. The number of carbonyl (C=O) groups excluding carboxylic acids is 2. The van der Waals surface area contributed by atoms with Gasteiger partial charge in [0.05, 0.1) is 6.54 Å². The smallest absolute Gasteiger partial charge is 0.410 e. The lowest BCUT2D eigenvalue weighted by atomic mass is 10.2. The van der Waals surface area contributed by atoms with Crippen molar-refractivity contribution in [2.24, 2.45) is 0 Å². The fourth-order valence-electron chi connectivity index (χ4n) is 2.94. The highest BCUT2D eigenvalue weighted by Gasteiger charge is 2.30. The number of rotatable bonds is 1. The Balaban J connectivity index is 1.71. The molecule has 0 atom stereocenters. The van der Waals surface area contributed by atoms with Crippen LogP contribution in [0, 0.1) is 0 Å². The fraction of sp³-hybridized carbons (Fsp3) is 0.625. The maximum absolute atomic E-state index is 12.2. The highest BCUT2D eigenvalue weighted by Crippen LogP contribution is 2.35. The topological polar surface area (TPSA) is 90.9 Å². The van der Waals surface area contributed by atoms with Gasteiger partial charge in [-0.3, -0.25) is 4.79 Å². The number of aromatic nitrogens is 2. The zero-order valence-corrected chi connectivity index (χ0v) is 15.1. The third-order valence-corrected chi connectivity index (χ3v) is 4.05. The molecule has 1 fully saturated rings. The molecule has 0 bridgehead atoms. The molecule has 9 nitrogen and oxygen atoms in total. The second kappa shape index (κ2) is 6.38. The summed E-state index contributed by atoms with van der Waals surface area (Å²) >= 11 is 0. The third kappa shape index (κ3) is 3.75. The van der Waals surface area contributed by atoms with Gasteiger partial charge in [0.15, 0.2) is 11.6 Å². The van der Waals surface area contributed by atoms with E-state index in [0.29, 0.717) is 32.0 Å². The first-order valence-electron chi connectivity index (χ1n) is 8.33. The van der Waals surface area contributed by atoms with Crippen molar-refractivity contribution in [3.63, 3.8) is 0 Å². The number of piperazine rings is 1. The minimum atomic E-state index is -0.499. The van der Waals surface area contributed by atoms with E-state index in [4.69, 9.17) is 4.74 Å². The van der Waals surface area contributed by atoms with Gasteiger partial charge in [-0.2, -0.15) is 0 Å². The Kier molecular flexibility index (Phi) is 4.40. The number of hydrogen-bond acceptors (Lipinski definition) is 7. The summed E-state index contributed by atoms with van der Waals surface area (Å²) in [7, 11) is 1.85. The maximum Gasteiger partial charge on any atom is 0.410 e. The molecule has 3 heterocycles. The first-order valence-corrected chi connectivity index (χ1v) is 8.33. The van der Waals surface area contributed by atoms with Gasteiger partial charge in [-0.05, 0) is 20.8 Å². The van der Waals surface area contributed by atoms with Crippen molar-refractivity contribution in [3.8, 4) is 0 Å².